The Morgan fingerprint density at radius 3 is 2.29 bits per heavy atom. The number of aliphatic carboxylic acids is 1. The summed E-state index contributed by atoms with van der Waals surface area (Å²) in [6.45, 7) is 6.00. The van der Waals surface area contributed by atoms with Crippen molar-refractivity contribution in [3.05, 3.63) is 35.4 Å². The van der Waals surface area contributed by atoms with Crippen LogP contribution in [0.25, 0.3) is 0 Å². The Morgan fingerprint density at radius 1 is 1.24 bits per heavy atom. The van der Waals surface area contributed by atoms with Gasteiger partial charge < -0.3 is 14.9 Å². The van der Waals surface area contributed by atoms with Gasteiger partial charge in [-0.05, 0) is 25.8 Å². The third-order valence-electron chi connectivity index (χ3n) is 3.54. The van der Waals surface area contributed by atoms with Gasteiger partial charge in [-0.15, -0.1) is 0 Å². The summed E-state index contributed by atoms with van der Waals surface area (Å²) in [5.74, 6) is -0.993. The highest BCUT2D eigenvalue weighted by atomic mass is 16.4. The Hall–Kier alpha value is -2.04. The fourth-order valence-electron chi connectivity index (χ4n) is 2.03. The average molecular weight is 292 g/mol. The molecule has 0 heterocycles. The number of carboxylic acid groups (broad SMARTS) is 1. The summed E-state index contributed by atoms with van der Waals surface area (Å²) in [4.78, 5) is 26.3. The van der Waals surface area contributed by atoms with Crippen LogP contribution in [-0.2, 0) is 11.3 Å². The number of urea groups is 1. The smallest absolute Gasteiger partial charge is 0.323 e. The molecule has 116 valence electrons. The molecular weight excluding hydrogens is 268 g/mol. The Labute approximate surface area is 126 Å². The highest BCUT2D eigenvalue weighted by Crippen LogP contribution is 2.11. The van der Waals surface area contributed by atoms with Crippen LogP contribution in [0.5, 0.6) is 0 Å². The molecule has 0 aromatic heterocycles. The van der Waals surface area contributed by atoms with E-state index >= 15 is 0 Å². The summed E-state index contributed by atoms with van der Waals surface area (Å²) in [6, 6.07) is 7.59. The molecule has 1 unspecified atom stereocenters. The van der Waals surface area contributed by atoms with Crippen molar-refractivity contribution >= 4 is 12.0 Å². The number of nitrogens with zero attached hydrogens (tertiary/aromatic N) is 2. The van der Waals surface area contributed by atoms with Crippen molar-refractivity contribution in [2.45, 2.75) is 39.8 Å². The number of hydrogen-bond acceptors (Lipinski definition) is 2. The fraction of sp³-hybridized carbons (Fsp3) is 0.500. The van der Waals surface area contributed by atoms with Crippen LogP contribution in [0.4, 0.5) is 4.79 Å². The van der Waals surface area contributed by atoms with Crippen molar-refractivity contribution in [2.75, 3.05) is 13.6 Å². The second-order valence-electron chi connectivity index (χ2n) is 5.40. The van der Waals surface area contributed by atoms with Gasteiger partial charge in [0.15, 0.2) is 0 Å². The van der Waals surface area contributed by atoms with Gasteiger partial charge in [0.05, 0.1) is 0 Å². The lowest BCUT2D eigenvalue weighted by Gasteiger charge is -2.31. The zero-order chi connectivity index (χ0) is 16.0. The Morgan fingerprint density at radius 2 is 1.81 bits per heavy atom. The predicted molar refractivity (Wildman–Crippen MR) is 82.1 cm³/mol. The first-order chi connectivity index (χ1) is 9.85. The number of amides is 2. The molecule has 5 nitrogen and oxygen atoms in total. The van der Waals surface area contributed by atoms with E-state index in [9.17, 15) is 9.59 Å². The first-order valence-corrected chi connectivity index (χ1v) is 7.14. The molecule has 0 aliphatic heterocycles. The van der Waals surface area contributed by atoms with Crippen LogP contribution < -0.4 is 0 Å². The molecule has 2 amide bonds. The normalized spacial score (nSPS) is 11.8. The first-order valence-electron chi connectivity index (χ1n) is 7.14. The third kappa shape index (κ3) is 5.10. The summed E-state index contributed by atoms with van der Waals surface area (Å²) < 4.78 is 0. The summed E-state index contributed by atoms with van der Waals surface area (Å²) in [6.07, 6.45) is 0.720. The summed E-state index contributed by atoms with van der Waals surface area (Å²) in [5.41, 5.74) is 2.19. The quantitative estimate of drug-likeness (QED) is 0.877. The number of carboxylic acids is 1. The van der Waals surface area contributed by atoms with Crippen LogP contribution in [0, 0.1) is 6.92 Å². The second kappa shape index (κ2) is 7.67. The van der Waals surface area contributed by atoms with E-state index in [0.29, 0.717) is 6.54 Å². The van der Waals surface area contributed by atoms with Crippen molar-refractivity contribution in [3.63, 3.8) is 0 Å². The van der Waals surface area contributed by atoms with Crippen molar-refractivity contribution in [1.29, 1.82) is 0 Å². The van der Waals surface area contributed by atoms with Gasteiger partial charge in [-0.1, -0.05) is 36.8 Å². The van der Waals surface area contributed by atoms with E-state index in [-0.39, 0.29) is 18.6 Å². The van der Waals surface area contributed by atoms with Gasteiger partial charge in [0.2, 0.25) is 0 Å². The Kier molecular flexibility index (Phi) is 6.21. The maximum atomic E-state index is 12.4. The molecule has 0 saturated heterocycles. The van der Waals surface area contributed by atoms with Gasteiger partial charge >= 0.3 is 12.0 Å². The third-order valence-corrected chi connectivity index (χ3v) is 3.54. The molecule has 1 aromatic carbocycles. The van der Waals surface area contributed by atoms with Crippen LogP contribution in [0.2, 0.25) is 0 Å². The first kappa shape index (κ1) is 17.0. The lowest BCUT2D eigenvalue weighted by Crippen LogP contribution is -2.47. The number of carbonyl (C=O) groups is 2. The van der Waals surface area contributed by atoms with Crippen molar-refractivity contribution < 1.29 is 14.7 Å². The van der Waals surface area contributed by atoms with Crippen LogP contribution in [0.3, 0.4) is 0 Å². The average Bonchev–Trinajstić information content (AvgIpc) is 2.45. The van der Waals surface area contributed by atoms with E-state index in [1.807, 2.05) is 45.0 Å². The summed E-state index contributed by atoms with van der Waals surface area (Å²) >= 11 is 0. The van der Waals surface area contributed by atoms with Crippen molar-refractivity contribution in [2.24, 2.45) is 0 Å². The second-order valence-corrected chi connectivity index (χ2v) is 5.40. The van der Waals surface area contributed by atoms with Gasteiger partial charge in [-0.3, -0.25) is 4.79 Å². The molecule has 1 atom stereocenters. The molecule has 1 aromatic rings. The molecule has 5 heteroatoms. The molecule has 21 heavy (non-hydrogen) atoms. The number of benzene rings is 1. The lowest BCUT2D eigenvalue weighted by atomic mass is 10.1. The number of rotatable bonds is 6. The van der Waals surface area contributed by atoms with Gasteiger partial charge in [0.25, 0.3) is 0 Å². The molecular formula is C16H24N2O3. The minimum Gasteiger partial charge on any atom is -0.480 e. The highest BCUT2D eigenvalue weighted by molar-refractivity contribution is 5.80. The monoisotopic (exact) mass is 292 g/mol. The largest absolute Gasteiger partial charge is 0.480 e. The van der Waals surface area contributed by atoms with Gasteiger partial charge in [0, 0.05) is 19.6 Å². The molecule has 1 rings (SSSR count). The summed E-state index contributed by atoms with van der Waals surface area (Å²) in [7, 11) is 1.69. The Bertz CT molecular complexity index is 485. The van der Waals surface area contributed by atoms with Gasteiger partial charge in [0.1, 0.15) is 6.54 Å². The van der Waals surface area contributed by atoms with Crippen LogP contribution in [-0.4, -0.2) is 46.5 Å². The van der Waals surface area contributed by atoms with E-state index in [2.05, 4.69) is 0 Å². The molecule has 0 fully saturated rings. The van der Waals surface area contributed by atoms with E-state index in [1.165, 1.54) is 10.5 Å². The fourth-order valence-corrected chi connectivity index (χ4v) is 2.03. The molecule has 0 aliphatic carbocycles. The number of carbonyl (C=O) groups excluding carboxylic acids is 1. The van der Waals surface area contributed by atoms with E-state index in [1.54, 1.807) is 11.9 Å². The molecule has 1 N–H and O–H groups in total. The van der Waals surface area contributed by atoms with Gasteiger partial charge in [-0.25, -0.2) is 4.79 Å². The minimum atomic E-state index is -0.993. The zero-order valence-corrected chi connectivity index (χ0v) is 13.2. The topological polar surface area (TPSA) is 60.9 Å². The van der Waals surface area contributed by atoms with E-state index in [4.69, 9.17) is 5.11 Å². The maximum absolute atomic E-state index is 12.4. The zero-order valence-electron chi connectivity index (χ0n) is 13.2. The molecule has 0 bridgehead atoms. The minimum absolute atomic E-state index is 0.103. The van der Waals surface area contributed by atoms with Crippen LogP contribution in [0.1, 0.15) is 31.4 Å². The van der Waals surface area contributed by atoms with E-state index < -0.39 is 5.97 Å². The highest BCUT2D eigenvalue weighted by Gasteiger charge is 2.24. The van der Waals surface area contributed by atoms with Crippen LogP contribution in [0.15, 0.2) is 24.3 Å². The van der Waals surface area contributed by atoms with Crippen molar-refractivity contribution in [3.8, 4) is 0 Å². The number of aryl methyl sites for hydroxylation is 1. The molecule has 0 spiro atoms. The van der Waals surface area contributed by atoms with Crippen molar-refractivity contribution in [1.82, 2.24) is 9.80 Å². The SMILES string of the molecule is CCC(C)N(CC(=O)O)C(=O)N(C)Cc1ccc(C)cc1. The summed E-state index contributed by atoms with van der Waals surface area (Å²) in [5, 5.41) is 8.97. The maximum Gasteiger partial charge on any atom is 0.323 e. The van der Waals surface area contributed by atoms with E-state index in [0.717, 1.165) is 12.0 Å². The van der Waals surface area contributed by atoms with Crippen LogP contribution >= 0.6 is 0 Å². The van der Waals surface area contributed by atoms with Gasteiger partial charge in [-0.2, -0.15) is 0 Å². The molecule has 0 aliphatic rings. The Balaban J connectivity index is 2.77. The molecule has 0 radical (unpaired) electrons. The molecule has 0 saturated carbocycles. The predicted octanol–water partition coefficient (Wildman–Crippen LogP) is 2.73. The standard InChI is InChI=1S/C16H24N2O3/c1-5-13(3)18(11-15(19)20)16(21)17(4)10-14-8-6-12(2)7-9-14/h6-9,13H,5,10-11H2,1-4H3,(H,19,20). The lowest BCUT2D eigenvalue weighted by molar-refractivity contribution is -0.138. The number of hydrogen-bond donors (Lipinski definition) is 1.